The second-order valence-electron chi connectivity index (χ2n) is 6.51. The molecular weight excluding hydrogens is 356 g/mol. The zero-order chi connectivity index (χ0) is 19.9. The summed E-state index contributed by atoms with van der Waals surface area (Å²) in [5.41, 5.74) is 5.35. The van der Waals surface area contributed by atoms with Gasteiger partial charge in [-0.3, -0.25) is 4.79 Å². The molecule has 2 aromatic carbocycles. The Labute approximate surface area is 165 Å². The van der Waals surface area contributed by atoms with Crippen LogP contribution in [0.5, 0.6) is 0 Å². The molecule has 3 rings (SSSR count). The average molecular weight is 382 g/mol. The summed E-state index contributed by atoms with van der Waals surface area (Å²) in [4.78, 5) is 25.7. The van der Waals surface area contributed by atoms with Gasteiger partial charge in [0.05, 0.1) is 19.8 Å². The van der Waals surface area contributed by atoms with Crippen LogP contribution in [-0.2, 0) is 27.2 Å². The Balaban J connectivity index is 1.93. The summed E-state index contributed by atoms with van der Waals surface area (Å²) in [5.74, 6) is -0.304. The zero-order valence-electron chi connectivity index (χ0n) is 16.4. The van der Waals surface area contributed by atoms with E-state index in [1.807, 2.05) is 24.3 Å². The van der Waals surface area contributed by atoms with Crippen molar-refractivity contribution in [1.29, 1.82) is 0 Å². The van der Waals surface area contributed by atoms with E-state index in [0.717, 1.165) is 28.8 Å². The number of hydrogen-bond donors (Lipinski definition) is 1. The van der Waals surface area contributed by atoms with Crippen LogP contribution in [-0.4, -0.2) is 43.3 Å². The molecular formula is C22H26N2O4. The van der Waals surface area contributed by atoms with E-state index in [4.69, 9.17) is 9.47 Å². The van der Waals surface area contributed by atoms with Crippen molar-refractivity contribution in [2.45, 2.75) is 26.8 Å². The number of hydrogen-bond acceptors (Lipinski definition) is 5. The van der Waals surface area contributed by atoms with Gasteiger partial charge in [-0.1, -0.05) is 36.4 Å². The molecule has 0 atom stereocenters. The Kier molecular flexibility index (Phi) is 6.53. The number of fused-ring (bicyclic) bond motifs is 1. The van der Waals surface area contributed by atoms with E-state index in [1.54, 1.807) is 18.7 Å². The predicted molar refractivity (Wildman–Crippen MR) is 108 cm³/mol. The molecule has 0 radical (unpaired) electrons. The zero-order valence-corrected chi connectivity index (χ0v) is 16.4. The molecule has 28 heavy (non-hydrogen) atoms. The minimum Gasteiger partial charge on any atom is -0.465 e. The van der Waals surface area contributed by atoms with Gasteiger partial charge in [0.15, 0.2) is 0 Å². The Bertz CT molecular complexity index is 836. The summed E-state index contributed by atoms with van der Waals surface area (Å²) >= 11 is 0. The quantitative estimate of drug-likeness (QED) is 0.769. The van der Waals surface area contributed by atoms with Gasteiger partial charge in [-0.2, -0.15) is 0 Å². The number of ether oxygens (including phenoxy) is 2. The van der Waals surface area contributed by atoms with Crippen LogP contribution in [0.2, 0.25) is 0 Å². The third kappa shape index (κ3) is 4.44. The molecule has 1 aliphatic rings. The van der Waals surface area contributed by atoms with Gasteiger partial charge < -0.3 is 19.7 Å². The predicted octanol–water partition coefficient (Wildman–Crippen LogP) is 3.84. The monoisotopic (exact) mass is 382 g/mol. The van der Waals surface area contributed by atoms with Crippen molar-refractivity contribution in [1.82, 2.24) is 4.90 Å². The lowest BCUT2D eigenvalue weighted by molar-refractivity contribution is -0.140. The Morgan fingerprint density at radius 2 is 1.75 bits per heavy atom. The molecule has 1 heterocycles. The summed E-state index contributed by atoms with van der Waals surface area (Å²) in [7, 11) is 0. The molecule has 0 aromatic heterocycles. The lowest BCUT2D eigenvalue weighted by Crippen LogP contribution is -2.37. The Morgan fingerprint density at radius 3 is 2.46 bits per heavy atom. The fourth-order valence-electron chi connectivity index (χ4n) is 3.48. The number of rotatable bonds is 6. The number of nitrogens with one attached hydrogen (secondary N) is 1. The Morgan fingerprint density at radius 1 is 1.00 bits per heavy atom. The molecule has 0 spiro atoms. The van der Waals surface area contributed by atoms with Gasteiger partial charge in [-0.25, -0.2) is 4.79 Å². The van der Waals surface area contributed by atoms with Crippen molar-refractivity contribution in [2.24, 2.45) is 0 Å². The summed E-state index contributed by atoms with van der Waals surface area (Å²) in [6.07, 6.45) is 0.419. The number of nitrogens with zero attached hydrogens (tertiary/aromatic N) is 1. The van der Waals surface area contributed by atoms with Crippen molar-refractivity contribution in [2.75, 3.05) is 31.6 Å². The molecule has 0 aliphatic carbocycles. The SMILES string of the molecule is CCOC(=O)CNc1ccc(-c2ccccc2)c2c1CN(C(=O)OCC)CC2. The van der Waals surface area contributed by atoms with Crippen LogP contribution in [0.3, 0.4) is 0 Å². The first-order chi connectivity index (χ1) is 13.6. The van der Waals surface area contributed by atoms with Crippen LogP contribution in [0, 0.1) is 0 Å². The summed E-state index contributed by atoms with van der Waals surface area (Å²) in [6.45, 7) is 5.42. The summed E-state index contributed by atoms with van der Waals surface area (Å²) in [5, 5.41) is 3.17. The van der Waals surface area contributed by atoms with Crippen LogP contribution >= 0.6 is 0 Å². The van der Waals surface area contributed by atoms with E-state index >= 15 is 0 Å². The number of anilines is 1. The van der Waals surface area contributed by atoms with Crippen LogP contribution in [0.15, 0.2) is 42.5 Å². The maximum absolute atomic E-state index is 12.2. The highest BCUT2D eigenvalue weighted by atomic mass is 16.6. The van der Waals surface area contributed by atoms with E-state index in [2.05, 4.69) is 23.5 Å². The Hall–Kier alpha value is -3.02. The van der Waals surface area contributed by atoms with Gasteiger partial charge in [0.25, 0.3) is 0 Å². The highest BCUT2D eigenvalue weighted by molar-refractivity contribution is 5.79. The van der Waals surface area contributed by atoms with Crippen LogP contribution < -0.4 is 5.32 Å². The van der Waals surface area contributed by atoms with E-state index < -0.39 is 0 Å². The van der Waals surface area contributed by atoms with E-state index in [1.165, 1.54) is 5.56 Å². The first-order valence-electron chi connectivity index (χ1n) is 9.65. The molecule has 1 aliphatic heterocycles. The molecule has 148 valence electrons. The highest BCUT2D eigenvalue weighted by Gasteiger charge is 2.26. The third-order valence-electron chi connectivity index (χ3n) is 4.75. The van der Waals surface area contributed by atoms with Gasteiger partial charge in [0.1, 0.15) is 6.54 Å². The maximum Gasteiger partial charge on any atom is 0.410 e. The standard InChI is InChI=1S/C22H26N2O4/c1-3-27-21(25)14-23-20-11-10-17(16-8-6-5-7-9-16)18-12-13-24(15-19(18)20)22(26)28-4-2/h5-11,23H,3-4,12-15H2,1-2H3. The fourth-order valence-corrected chi connectivity index (χ4v) is 3.48. The molecule has 0 saturated heterocycles. The van der Waals surface area contributed by atoms with Gasteiger partial charge in [0, 0.05) is 12.2 Å². The molecule has 6 nitrogen and oxygen atoms in total. The van der Waals surface area contributed by atoms with Crippen molar-refractivity contribution < 1.29 is 19.1 Å². The van der Waals surface area contributed by atoms with Crippen LogP contribution in [0.1, 0.15) is 25.0 Å². The minimum atomic E-state index is -0.311. The second-order valence-corrected chi connectivity index (χ2v) is 6.51. The third-order valence-corrected chi connectivity index (χ3v) is 4.75. The van der Waals surface area contributed by atoms with Gasteiger partial charge in [0.2, 0.25) is 0 Å². The van der Waals surface area contributed by atoms with E-state index in [0.29, 0.717) is 26.3 Å². The fraction of sp³-hybridized carbons (Fsp3) is 0.364. The van der Waals surface area contributed by atoms with Crippen molar-refractivity contribution >= 4 is 17.7 Å². The minimum absolute atomic E-state index is 0.0877. The lowest BCUT2D eigenvalue weighted by atomic mass is 9.89. The smallest absolute Gasteiger partial charge is 0.410 e. The second kappa shape index (κ2) is 9.26. The average Bonchev–Trinajstić information content (AvgIpc) is 2.72. The molecule has 0 saturated carbocycles. The molecule has 0 bridgehead atoms. The normalized spacial score (nSPS) is 12.9. The molecule has 0 unspecified atom stereocenters. The number of carbonyl (C=O) groups is 2. The summed E-state index contributed by atoms with van der Waals surface area (Å²) < 4.78 is 10.2. The number of benzene rings is 2. The topological polar surface area (TPSA) is 67.9 Å². The van der Waals surface area contributed by atoms with E-state index in [9.17, 15) is 9.59 Å². The van der Waals surface area contributed by atoms with Crippen molar-refractivity contribution in [3.63, 3.8) is 0 Å². The number of esters is 1. The number of carbonyl (C=O) groups excluding carboxylic acids is 2. The van der Waals surface area contributed by atoms with Gasteiger partial charge >= 0.3 is 12.1 Å². The highest BCUT2D eigenvalue weighted by Crippen LogP contribution is 2.35. The molecule has 1 amide bonds. The van der Waals surface area contributed by atoms with Crippen LogP contribution in [0.4, 0.5) is 10.5 Å². The maximum atomic E-state index is 12.2. The molecule has 2 aromatic rings. The van der Waals surface area contributed by atoms with Crippen molar-refractivity contribution in [3.8, 4) is 11.1 Å². The first-order valence-corrected chi connectivity index (χ1v) is 9.65. The summed E-state index contributed by atoms with van der Waals surface area (Å²) in [6, 6.07) is 14.2. The van der Waals surface area contributed by atoms with Gasteiger partial charge in [-0.05, 0) is 48.6 Å². The van der Waals surface area contributed by atoms with Crippen LogP contribution in [0.25, 0.3) is 11.1 Å². The molecule has 0 fully saturated rings. The molecule has 6 heteroatoms. The molecule has 1 N–H and O–H groups in total. The van der Waals surface area contributed by atoms with Gasteiger partial charge in [-0.15, -0.1) is 0 Å². The largest absolute Gasteiger partial charge is 0.465 e. The lowest BCUT2D eigenvalue weighted by Gasteiger charge is -2.31. The number of amides is 1. The van der Waals surface area contributed by atoms with Crippen molar-refractivity contribution in [3.05, 3.63) is 53.6 Å². The first kappa shape index (κ1) is 19.7. The van der Waals surface area contributed by atoms with E-state index in [-0.39, 0.29) is 18.6 Å².